The summed E-state index contributed by atoms with van der Waals surface area (Å²) < 4.78 is 57.9. The van der Waals surface area contributed by atoms with Crippen LogP contribution < -0.4 is 15.8 Å². The Hall–Kier alpha value is -5.44. The van der Waals surface area contributed by atoms with Crippen molar-refractivity contribution in [2.24, 2.45) is 7.05 Å². The number of alkyl halides is 3. The van der Waals surface area contributed by atoms with Crippen molar-refractivity contribution in [1.29, 1.82) is 0 Å². The molecule has 6 heterocycles. The molecule has 0 bridgehead atoms. The van der Waals surface area contributed by atoms with Gasteiger partial charge in [-0.25, -0.2) is 4.98 Å². The number of hydrogen-bond donors (Lipinski definition) is 2. The maximum atomic E-state index is 13.3. The van der Waals surface area contributed by atoms with E-state index < -0.39 is 17.8 Å². The molecule has 12 nitrogen and oxygen atoms in total. The largest absolute Gasteiger partial charge is 0.493 e. The highest BCUT2D eigenvalue weighted by atomic mass is 35.5. The molecule has 2 aliphatic rings. The van der Waals surface area contributed by atoms with Crippen LogP contribution >= 0.6 is 11.6 Å². The van der Waals surface area contributed by atoms with Gasteiger partial charge >= 0.3 is 6.18 Å². The van der Waals surface area contributed by atoms with E-state index in [0.29, 0.717) is 43.9 Å². The van der Waals surface area contributed by atoms with Crippen molar-refractivity contribution in [2.75, 3.05) is 17.7 Å². The van der Waals surface area contributed by atoms with Gasteiger partial charge in [0, 0.05) is 60.8 Å². The zero-order valence-electron chi connectivity index (χ0n) is 25.4. The number of halogens is 4. The third-order valence-corrected chi connectivity index (χ3v) is 8.03. The quantitative estimate of drug-likeness (QED) is 0.195. The number of nitrogens with one attached hydrogen (secondary N) is 1. The van der Waals surface area contributed by atoms with E-state index in [1.54, 1.807) is 30.0 Å². The number of nitrogen functional groups attached to an aromatic ring is 1. The van der Waals surface area contributed by atoms with Crippen molar-refractivity contribution in [2.45, 2.75) is 33.0 Å². The molecule has 3 N–H and O–H groups in total. The Morgan fingerprint density at radius 3 is 2.62 bits per heavy atom. The smallest absolute Gasteiger partial charge is 0.433 e. The van der Waals surface area contributed by atoms with Crippen LogP contribution in [0.25, 0.3) is 33.5 Å². The number of imidazole rings is 1. The topological polar surface area (TPSA) is 135 Å². The number of aryl methyl sites for hydroxylation is 1. The van der Waals surface area contributed by atoms with Crippen molar-refractivity contribution in [3.8, 4) is 28.3 Å². The van der Waals surface area contributed by atoms with Gasteiger partial charge in [-0.3, -0.25) is 18.9 Å². The number of hydrogen-bond acceptors (Lipinski definition) is 7. The number of fused-ring (bicyclic) bond motifs is 3. The molecule has 4 aromatic heterocycles. The number of ether oxygens (including phenoxy) is 1. The van der Waals surface area contributed by atoms with Crippen LogP contribution in [0, 0.1) is 11.1 Å². The van der Waals surface area contributed by atoms with E-state index in [9.17, 15) is 18.0 Å². The predicted molar refractivity (Wildman–Crippen MR) is 168 cm³/mol. The second kappa shape index (κ2) is 10.8. The molecule has 0 aliphatic carbocycles. The lowest BCUT2D eigenvalue weighted by molar-refractivity contribution is -0.143. The molecule has 242 valence electrons. The highest BCUT2D eigenvalue weighted by Gasteiger charge is 2.35. The van der Waals surface area contributed by atoms with E-state index in [2.05, 4.69) is 34.2 Å². The summed E-state index contributed by atoms with van der Waals surface area (Å²) in [4.78, 5) is 22.5. The van der Waals surface area contributed by atoms with Gasteiger partial charge in [-0.15, -0.1) is 0 Å². The molecule has 0 saturated heterocycles. The Bertz CT molecular complexity index is 2400. The minimum atomic E-state index is -4.64. The van der Waals surface area contributed by atoms with Gasteiger partial charge in [0.25, 0.3) is 17.0 Å². The van der Waals surface area contributed by atoms with Crippen LogP contribution in [0.4, 0.5) is 24.7 Å². The third kappa shape index (κ3) is 5.12. The Balaban J connectivity index is 1.33. The molecule has 16 heteroatoms. The molecule has 0 atom stereocenters. The molecular formula is C31H27ClF3N9O3. The number of carbonyl (C=O) groups excluding carboxylic acids is 1. The lowest BCUT2D eigenvalue weighted by Gasteiger charge is -2.15. The Morgan fingerprint density at radius 2 is 1.91 bits per heavy atom. The Kier molecular flexibility index (Phi) is 6.96. The van der Waals surface area contributed by atoms with Crippen molar-refractivity contribution in [1.82, 2.24) is 33.1 Å². The molecule has 0 fully saturated rings. The predicted octanol–water partition coefficient (Wildman–Crippen LogP) is 6.66. The fraction of sp³-hybridized carbons (Fsp3) is 0.226. The van der Waals surface area contributed by atoms with Gasteiger partial charge in [0.15, 0.2) is 5.82 Å². The summed E-state index contributed by atoms with van der Waals surface area (Å²) in [7, 11) is 1.14. The number of pyridine rings is 1. The summed E-state index contributed by atoms with van der Waals surface area (Å²) in [6, 6.07) is 5.64. The second-order valence-corrected chi connectivity index (χ2v) is 11.6. The first kappa shape index (κ1) is 30.2. The van der Waals surface area contributed by atoms with Crippen molar-refractivity contribution >= 4 is 40.0 Å². The first-order valence-electron chi connectivity index (χ1n) is 14.5. The summed E-state index contributed by atoms with van der Waals surface area (Å²) in [5.41, 5.74) is 10.9. The molecule has 2 aliphatic heterocycles. The van der Waals surface area contributed by atoms with E-state index in [-0.39, 0.29) is 34.8 Å². The first-order valence-corrected chi connectivity index (χ1v) is 14.9. The maximum Gasteiger partial charge on any atom is 0.433 e. The number of aromatic nitrogens is 7. The van der Waals surface area contributed by atoms with E-state index in [0.717, 1.165) is 24.2 Å². The van der Waals surface area contributed by atoms with Gasteiger partial charge < -0.3 is 29.2 Å². The monoisotopic (exact) mass is 665 g/mol. The molecule has 7 rings (SSSR count). The highest BCUT2D eigenvalue weighted by Crippen LogP contribution is 2.42. The average Bonchev–Trinajstić information content (AvgIpc) is 3.55. The molecule has 1 amide bonds. The van der Waals surface area contributed by atoms with E-state index in [1.165, 1.54) is 12.1 Å². The van der Waals surface area contributed by atoms with Gasteiger partial charge in [-0.2, -0.15) is 18.3 Å². The lowest BCUT2D eigenvalue weighted by Crippen LogP contribution is -2.13. The summed E-state index contributed by atoms with van der Waals surface area (Å²) in [5.74, 6) is -0.769. The molecule has 1 aromatic carbocycles. The van der Waals surface area contributed by atoms with Crippen LogP contribution in [-0.2, 0) is 13.2 Å². The minimum absolute atomic E-state index is 0.0406. The zero-order chi connectivity index (χ0) is 33.4. The molecule has 0 radical (unpaired) electrons. The first-order chi connectivity index (χ1) is 22.3. The van der Waals surface area contributed by atoms with Crippen molar-refractivity contribution in [3.05, 3.63) is 82.8 Å². The summed E-state index contributed by atoms with van der Waals surface area (Å²) >= 11 is 6.83. The van der Waals surface area contributed by atoms with Crippen LogP contribution in [0.3, 0.4) is 0 Å². The van der Waals surface area contributed by atoms with Crippen LogP contribution in [0.5, 0.6) is 5.75 Å². The fourth-order valence-corrected chi connectivity index (χ4v) is 5.85. The Labute approximate surface area is 268 Å². The molecule has 47 heavy (non-hydrogen) atoms. The summed E-state index contributed by atoms with van der Waals surface area (Å²) in [6.45, 7) is 6.11. The van der Waals surface area contributed by atoms with Gasteiger partial charge in [-0.1, -0.05) is 11.6 Å². The van der Waals surface area contributed by atoms with E-state index >= 15 is 0 Å². The van der Waals surface area contributed by atoms with Crippen molar-refractivity contribution < 1.29 is 27.1 Å². The van der Waals surface area contributed by atoms with Gasteiger partial charge in [0.1, 0.15) is 29.2 Å². The lowest BCUT2D eigenvalue weighted by atomic mass is 10.0. The molecule has 5 aromatic rings. The zero-order valence-corrected chi connectivity index (χ0v) is 26.2. The second-order valence-electron chi connectivity index (χ2n) is 11.2. The van der Waals surface area contributed by atoms with Gasteiger partial charge in [0.05, 0.1) is 28.2 Å². The standard InChI is InChI=1S/C31H27ClF3N9O3/c1-5-46-21-9-16(28(45)39-23-11-22(31(33,34)35)41(4)40-23)8-19(32)24(21)26-27-25(37-6-7-42(27)14-38-26)18-13-44-17(10-20(18)36)12-43(15(2)3)29-30(44)47-29/h6-15H,5,36H2,1-4H3,(H,39,40,45). The number of nitrogens with two attached hydrogens (primary N) is 1. The van der Waals surface area contributed by atoms with E-state index in [4.69, 9.17) is 26.5 Å². The molecule has 0 saturated carbocycles. The molecule has 0 spiro atoms. The number of rotatable bonds is 7. The SMILES string of the molecule is CCOc1cc(C(=O)Nc2cc(C(F)(F)F)n(C)n2)cc(Cl)c1-c1ncn2ccnc(-c3cn4c5oc=5n(C(C)C)cc4cc3N)c12. The molecule has 0 unspecified atom stereocenters. The van der Waals surface area contributed by atoms with E-state index in [1.807, 2.05) is 27.4 Å². The van der Waals surface area contributed by atoms with Crippen LogP contribution in [0.1, 0.15) is 42.9 Å². The summed E-state index contributed by atoms with van der Waals surface area (Å²) in [5, 5.41) is 6.28. The number of benzene rings is 1. The van der Waals surface area contributed by atoms with Crippen molar-refractivity contribution in [3.63, 3.8) is 0 Å². The highest BCUT2D eigenvalue weighted by molar-refractivity contribution is 6.34. The number of amides is 1. The Morgan fingerprint density at radius 1 is 1.13 bits per heavy atom. The van der Waals surface area contributed by atoms with Crippen LogP contribution in [0.15, 0.2) is 59.8 Å². The van der Waals surface area contributed by atoms with Gasteiger partial charge in [-0.05, 0) is 39.0 Å². The number of anilines is 2. The van der Waals surface area contributed by atoms with Crippen LogP contribution in [0.2, 0.25) is 5.02 Å². The normalized spacial score (nSPS) is 12.3. The third-order valence-electron chi connectivity index (χ3n) is 7.74. The maximum absolute atomic E-state index is 13.3. The fourth-order valence-electron chi connectivity index (χ4n) is 5.55. The number of carbonyl (C=O) groups is 1. The van der Waals surface area contributed by atoms with Crippen LogP contribution in [-0.4, -0.2) is 45.6 Å². The summed E-state index contributed by atoms with van der Waals surface area (Å²) in [6.07, 6.45) is 4.16. The number of nitrogens with zero attached hydrogens (tertiary/aromatic N) is 7. The van der Waals surface area contributed by atoms with Gasteiger partial charge in [0.2, 0.25) is 0 Å². The average molecular weight is 666 g/mol. The minimum Gasteiger partial charge on any atom is -0.493 e. The molecular weight excluding hydrogens is 639 g/mol.